The molecule has 2 aliphatic heterocycles. The number of carbonyl (C=O) groups excluding carboxylic acids is 11. The second-order valence-electron chi connectivity index (χ2n) is 17.6. The summed E-state index contributed by atoms with van der Waals surface area (Å²) >= 11 is 0. The minimum Gasteiger partial charge on any atom is -0.508 e. The number of nitrogens with two attached hydrogens (primary N) is 6. The van der Waals surface area contributed by atoms with Gasteiger partial charge in [0.25, 0.3) is 0 Å². The molecule has 2 saturated heterocycles. The summed E-state index contributed by atoms with van der Waals surface area (Å²) in [6.45, 7) is -0.443. The van der Waals surface area contributed by atoms with Crippen LogP contribution in [-0.4, -0.2) is 160 Å². The normalized spacial score (nSPS) is 22.6. The average molecular weight is 1080 g/mol. The SMILES string of the molecule is NC(=O)CC[C@@H]1NC(=O)[C@H](Cc2ccccc2)NC(=O)C(Cc2ccc(O)cc2)NC(=O)[C@@H](N)CSSC[C@@H](C(=O)N2CCC[C@H]2C(=O)N[C@H](CCCN=C(N)N)C(=O)NCC(N)=O)NC(=O)C(CC(N)=O)NC1=O. The van der Waals surface area contributed by atoms with Crippen LogP contribution in [0.4, 0.5) is 0 Å². The second-order valence-corrected chi connectivity index (χ2v) is 20.2. The molecule has 2 aromatic carbocycles. The standard InChI is InChI=1S/C46H65N15O12S2/c47-27-22-74-75-23-33(45(73)61-17-5-9-34(61)44(72)56-28(8-4-16-53-46(51)52)39(67)54-21-37(50)65)60-43(71)32(20-36(49)64)59-40(68)29(14-15-35(48)63)55-41(69)31(18-24-6-2-1-3-7-24)58-42(70)30(57-38(27)66)19-25-10-12-26(62)13-11-25/h1-3,6-7,10-13,27-34,62H,4-5,8-9,14-23,47H2,(H2,48,63)(H2,49,64)(H2,50,65)(H,54,67)(H,55,69)(H,56,72)(H,57,66)(H,58,70)(H,59,68)(H,60,71)(H4,51,52,53)/t27-,28+,29-,30?,31-,32?,33-,34-/m0/s1. The Hall–Kier alpha value is -7.66. The summed E-state index contributed by atoms with van der Waals surface area (Å²) in [6, 6.07) is 2.80. The minimum absolute atomic E-state index is 0.00106. The highest BCUT2D eigenvalue weighted by atomic mass is 33.1. The van der Waals surface area contributed by atoms with Gasteiger partial charge in [-0.25, -0.2) is 0 Å². The Morgan fingerprint density at radius 2 is 1.28 bits per heavy atom. The zero-order chi connectivity index (χ0) is 55.2. The summed E-state index contributed by atoms with van der Waals surface area (Å²) in [5.41, 5.74) is 34.4. The number of aromatic hydroxyl groups is 1. The largest absolute Gasteiger partial charge is 0.508 e. The third-order valence-electron chi connectivity index (χ3n) is 11.6. The Morgan fingerprint density at radius 1 is 0.707 bits per heavy atom. The highest BCUT2D eigenvalue weighted by Gasteiger charge is 2.40. The minimum atomic E-state index is -1.80. The molecular formula is C46H65N15O12S2. The van der Waals surface area contributed by atoms with Gasteiger partial charge in [-0.3, -0.25) is 57.7 Å². The van der Waals surface area contributed by atoms with Crippen LogP contribution in [0.3, 0.4) is 0 Å². The number of amides is 11. The number of benzene rings is 2. The fourth-order valence-corrected chi connectivity index (χ4v) is 10.1. The van der Waals surface area contributed by atoms with Gasteiger partial charge in [0.05, 0.1) is 19.0 Å². The molecule has 0 saturated carbocycles. The molecule has 2 aromatic rings. The molecule has 29 heteroatoms. The van der Waals surface area contributed by atoms with E-state index in [-0.39, 0.29) is 68.4 Å². The summed E-state index contributed by atoms with van der Waals surface area (Å²) < 4.78 is 0. The van der Waals surface area contributed by atoms with Crippen LogP contribution in [0.1, 0.15) is 56.1 Å². The zero-order valence-electron chi connectivity index (χ0n) is 40.8. The van der Waals surface area contributed by atoms with Crippen molar-refractivity contribution in [2.75, 3.05) is 31.1 Å². The van der Waals surface area contributed by atoms with Gasteiger partial charge in [0.1, 0.15) is 48.0 Å². The van der Waals surface area contributed by atoms with Crippen molar-refractivity contribution < 1.29 is 57.8 Å². The number of carbonyl (C=O) groups is 11. The van der Waals surface area contributed by atoms with E-state index in [0.717, 1.165) is 21.6 Å². The molecule has 0 aromatic heterocycles. The lowest BCUT2D eigenvalue weighted by Crippen LogP contribution is -2.61. The van der Waals surface area contributed by atoms with E-state index < -0.39 is 139 Å². The van der Waals surface area contributed by atoms with Crippen LogP contribution in [0.2, 0.25) is 0 Å². The second kappa shape index (κ2) is 29.9. The Kier molecular flexibility index (Phi) is 23.9. The molecule has 8 atom stereocenters. The summed E-state index contributed by atoms with van der Waals surface area (Å²) in [7, 11) is 1.99. The Morgan fingerprint density at radius 3 is 1.89 bits per heavy atom. The lowest BCUT2D eigenvalue weighted by atomic mass is 10.0. The van der Waals surface area contributed by atoms with E-state index in [0.29, 0.717) is 17.5 Å². The molecule has 27 nitrogen and oxygen atoms in total. The molecule has 0 radical (unpaired) electrons. The van der Waals surface area contributed by atoms with Crippen molar-refractivity contribution in [1.82, 2.24) is 42.1 Å². The van der Waals surface area contributed by atoms with Crippen LogP contribution in [0.15, 0.2) is 59.6 Å². The van der Waals surface area contributed by atoms with Gasteiger partial charge in [-0.2, -0.15) is 0 Å². The number of likely N-dealkylation sites (tertiary alicyclic amines) is 1. The predicted octanol–water partition coefficient (Wildman–Crippen LogP) is -5.40. The van der Waals surface area contributed by atoms with Gasteiger partial charge in [-0.1, -0.05) is 64.1 Å². The maximum Gasteiger partial charge on any atom is 0.246 e. The van der Waals surface area contributed by atoms with E-state index in [4.69, 9.17) is 34.4 Å². The molecule has 4 rings (SSSR count). The van der Waals surface area contributed by atoms with Crippen molar-refractivity contribution in [1.29, 1.82) is 0 Å². The van der Waals surface area contributed by atoms with Crippen LogP contribution in [0.25, 0.3) is 0 Å². The van der Waals surface area contributed by atoms with Crippen molar-refractivity contribution in [2.45, 2.75) is 106 Å². The van der Waals surface area contributed by atoms with Crippen LogP contribution in [-0.2, 0) is 65.6 Å². The number of aliphatic imine (C=N–C) groups is 1. The molecule has 2 aliphatic rings. The number of nitrogens with zero attached hydrogens (tertiary/aromatic N) is 2. The van der Waals surface area contributed by atoms with E-state index in [2.05, 4.69) is 42.2 Å². The number of rotatable bonds is 19. The van der Waals surface area contributed by atoms with Crippen molar-refractivity contribution >= 4 is 92.5 Å². The first-order valence-corrected chi connectivity index (χ1v) is 26.2. The summed E-state index contributed by atoms with van der Waals surface area (Å²) in [4.78, 5) is 153. The van der Waals surface area contributed by atoms with Crippen LogP contribution < -0.4 is 71.6 Å². The maximum absolute atomic E-state index is 14.6. The average Bonchev–Trinajstić information content (AvgIpc) is 3.86. The van der Waals surface area contributed by atoms with Gasteiger partial charge in [-0.05, 0) is 55.4 Å². The number of hydrogen-bond donors (Lipinski definition) is 14. The van der Waals surface area contributed by atoms with Crippen molar-refractivity contribution in [3.05, 3.63) is 65.7 Å². The highest BCUT2D eigenvalue weighted by Crippen LogP contribution is 2.26. The fourth-order valence-electron chi connectivity index (χ4n) is 7.80. The molecule has 20 N–H and O–H groups in total. The molecule has 2 fully saturated rings. The molecule has 75 heavy (non-hydrogen) atoms. The number of phenolic OH excluding ortho intramolecular Hbond substituents is 1. The van der Waals surface area contributed by atoms with Gasteiger partial charge >= 0.3 is 0 Å². The third kappa shape index (κ3) is 20.3. The predicted molar refractivity (Wildman–Crippen MR) is 276 cm³/mol. The Balaban J connectivity index is 1.71. The molecule has 0 bridgehead atoms. The first-order valence-electron chi connectivity index (χ1n) is 23.7. The molecule has 0 aliphatic carbocycles. The quantitative estimate of drug-likeness (QED) is 0.0270. The van der Waals surface area contributed by atoms with Crippen molar-refractivity contribution in [3.8, 4) is 5.75 Å². The van der Waals surface area contributed by atoms with Crippen LogP contribution in [0.5, 0.6) is 5.75 Å². The van der Waals surface area contributed by atoms with Gasteiger partial charge < -0.3 is 81.6 Å². The van der Waals surface area contributed by atoms with Crippen LogP contribution >= 0.6 is 21.6 Å². The Bertz CT molecular complexity index is 2420. The van der Waals surface area contributed by atoms with E-state index in [1.165, 1.54) is 29.2 Å². The molecular weight excluding hydrogens is 1020 g/mol. The Labute approximate surface area is 439 Å². The molecule has 0 spiro atoms. The van der Waals surface area contributed by atoms with Gasteiger partial charge in [0.2, 0.25) is 65.0 Å². The van der Waals surface area contributed by atoms with Crippen LogP contribution in [0, 0.1) is 0 Å². The smallest absolute Gasteiger partial charge is 0.246 e. The van der Waals surface area contributed by atoms with Crippen molar-refractivity contribution in [2.24, 2.45) is 39.4 Å². The highest BCUT2D eigenvalue weighted by molar-refractivity contribution is 8.76. The van der Waals surface area contributed by atoms with E-state index in [1.54, 1.807) is 30.3 Å². The topological polar surface area (TPSA) is 464 Å². The van der Waals surface area contributed by atoms with E-state index in [9.17, 15) is 57.8 Å². The third-order valence-corrected chi connectivity index (χ3v) is 14.1. The summed E-state index contributed by atoms with van der Waals surface area (Å²) in [5, 5.41) is 27.6. The molecule has 2 unspecified atom stereocenters. The maximum atomic E-state index is 14.6. The number of phenols is 1. The number of nitrogens with one attached hydrogen (secondary N) is 7. The number of primary amides is 3. The molecule has 11 amide bonds. The molecule has 408 valence electrons. The lowest BCUT2D eigenvalue weighted by Gasteiger charge is -2.31. The monoisotopic (exact) mass is 1080 g/mol. The first-order chi connectivity index (χ1) is 35.6. The van der Waals surface area contributed by atoms with Gasteiger partial charge in [0, 0.05) is 43.9 Å². The zero-order valence-corrected chi connectivity index (χ0v) is 42.5. The van der Waals surface area contributed by atoms with E-state index >= 15 is 0 Å². The number of guanidine groups is 1. The first kappa shape index (κ1) is 59.9. The molecule has 2 heterocycles. The summed E-state index contributed by atoms with van der Waals surface area (Å²) in [5.74, 6) is -10.5. The summed E-state index contributed by atoms with van der Waals surface area (Å²) in [6.07, 6.45) is -1.38. The van der Waals surface area contributed by atoms with Gasteiger partial charge in [-0.15, -0.1) is 0 Å². The van der Waals surface area contributed by atoms with Gasteiger partial charge in [0.15, 0.2) is 5.96 Å². The number of hydrogen-bond acceptors (Lipinski definition) is 16. The van der Waals surface area contributed by atoms with Crippen molar-refractivity contribution in [3.63, 3.8) is 0 Å². The van der Waals surface area contributed by atoms with E-state index in [1.807, 2.05) is 0 Å². The lowest BCUT2D eigenvalue weighted by molar-refractivity contribution is -0.142. The fraction of sp³-hybridized carbons (Fsp3) is 0.478.